The van der Waals surface area contributed by atoms with Gasteiger partial charge in [-0.3, -0.25) is 10.1 Å². The van der Waals surface area contributed by atoms with E-state index in [1.807, 2.05) is 0 Å². The molecule has 0 atom stereocenters. The van der Waals surface area contributed by atoms with E-state index in [2.05, 4.69) is 36.8 Å². The first-order chi connectivity index (χ1) is 8.97. The molecule has 0 saturated carbocycles. The van der Waals surface area contributed by atoms with Gasteiger partial charge in [-0.1, -0.05) is 13.8 Å². The molecule has 0 fully saturated rings. The summed E-state index contributed by atoms with van der Waals surface area (Å²) in [5.41, 5.74) is 1.30. The van der Waals surface area contributed by atoms with Gasteiger partial charge in [-0.15, -0.1) is 12.6 Å². The lowest BCUT2D eigenvalue weighted by Crippen LogP contribution is -2.40. The van der Waals surface area contributed by atoms with Crippen LogP contribution in [0.3, 0.4) is 0 Å². The molecular weight excluding hydrogens is 262 g/mol. The van der Waals surface area contributed by atoms with Gasteiger partial charge in [-0.25, -0.2) is 9.78 Å². The molecule has 0 aliphatic carbocycles. The van der Waals surface area contributed by atoms with E-state index in [4.69, 9.17) is 0 Å². The number of amides is 2. The molecular formula is C13H17N3O2S. The predicted octanol–water partition coefficient (Wildman–Crippen LogP) is 2.55. The van der Waals surface area contributed by atoms with E-state index in [0.717, 1.165) is 12.0 Å². The minimum Gasteiger partial charge on any atom is -0.320 e. The largest absolute Gasteiger partial charge is 0.323 e. The zero-order valence-corrected chi connectivity index (χ0v) is 11.9. The van der Waals surface area contributed by atoms with Gasteiger partial charge in [-0.2, -0.15) is 0 Å². The fraction of sp³-hybridized carbons (Fsp3) is 0.462. The molecule has 0 radical (unpaired) electrons. The summed E-state index contributed by atoms with van der Waals surface area (Å²) in [7, 11) is 0. The van der Waals surface area contributed by atoms with Crippen molar-refractivity contribution in [1.29, 1.82) is 0 Å². The summed E-state index contributed by atoms with van der Waals surface area (Å²) in [6, 6.07) is 1.60. The molecule has 1 aromatic rings. The normalized spacial score (nSPS) is 14.3. The van der Waals surface area contributed by atoms with Crippen molar-refractivity contribution in [3.8, 4) is 0 Å². The number of pyridine rings is 1. The van der Waals surface area contributed by atoms with Crippen molar-refractivity contribution in [2.75, 3.05) is 11.9 Å². The summed E-state index contributed by atoms with van der Waals surface area (Å²) in [5, 5.41) is 2.42. The van der Waals surface area contributed by atoms with Gasteiger partial charge in [0.15, 0.2) is 0 Å². The van der Waals surface area contributed by atoms with Crippen molar-refractivity contribution in [2.24, 2.45) is 5.92 Å². The van der Waals surface area contributed by atoms with E-state index >= 15 is 0 Å². The molecule has 2 rings (SSSR count). The van der Waals surface area contributed by atoms with Crippen LogP contribution < -0.4 is 5.32 Å². The summed E-state index contributed by atoms with van der Waals surface area (Å²) in [6.07, 6.45) is 2.37. The van der Waals surface area contributed by atoms with E-state index in [9.17, 15) is 9.59 Å². The Bertz CT molecular complexity index is 517. The number of carbonyl (C=O) groups excluding carboxylic acids is 2. The molecule has 0 aromatic carbocycles. The fourth-order valence-corrected chi connectivity index (χ4v) is 2.04. The minimum atomic E-state index is -0.319. The molecule has 0 bridgehead atoms. The molecule has 19 heavy (non-hydrogen) atoms. The Balaban J connectivity index is 2.17. The van der Waals surface area contributed by atoms with Crippen molar-refractivity contribution in [2.45, 2.75) is 26.8 Å². The molecule has 1 aliphatic rings. The molecule has 2 amide bonds. The number of nitrogens with zero attached hydrogens (tertiary/aromatic N) is 2. The molecule has 0 unspecified atom stereocenters. The standard InChI is InChI=1S/C13H17N3O2S/c1-8(2)3-4-16-7-10-5-9(12(17)19)6-14-11(10)15-13(16)18/h5-6,8H,3-4,7H2,1-2H3,(H,17,19)(H,14,15,18). The molecule has 1 N–H and O–H groups in total. The van der Waals surface area contributed by atoms with Gasteiger partial charge in [0.05, 0.1) is 6.54 Å². The topological polar surface area (TPSA) is 62.3 Å². The quantitative estimate of drug-likeness (QED) is 0.833. The monoisotopic (exact) mass is 279 g/mol. The second kappa shape index (κ2) is 5.61. The lowest BCUT2D eigenvalue weighted by molar-refractivity contribution is 0.109. The number of nitrogens with one attached hydrogen (secondary N) is 1. The number of hydrogen-bond acceptors (Lipinski definition) is 3. The number of aromatic nitrogens is 1. The highest BCUT2D eigenvalue weighted by molar-refractivity contribution is 7.97. The number of thiol groups is 1. The Labute approximate surface area is 117 Å². The third-order valence-corrected chi connectivity index (χ3v) is 3.32. The Morgan fingerprint density at radius 1 is 1.58 bits per heavy atom. The van der Waals surface area contributed by atoms with Crippen LogP contribution in [0.1, 0.15) is 36.2 Å². The molecule has 102 valence electrons. The Kier molecular flexibility index (Phi) is 4.09. The van der Waals surface area contributed by atoms with Gasteiger partial charge in [0.25, 0.3) is 0 Å². The van der Waals surface area contributed by atoms with E-state index < -0.39 is 0 Å². The molecule has 0 spiro atoms. The first-order valence-electron chi connectivity index (χ1n) is 6.25. The summed E-state index contributed by atoms with van der Waals surface area (Å²) < 4.78 is 0. The number of fused-ring (bicyclic) bond motifs is 1. The van der Waals surface area contributed by atoms with Crippen LogP contribution in [0.4, 0.5) is 10.6 Å². The highest BCUT2D eigenvalue weighted by Crippen LogP contribution is 2.23. The number of hydrogen-bond donors (Lipinski definition) is 2. The Morgan fingerprint density at radius 3 is 2.95 bits per heavy atom. The van der Waals surface area contributed by atoms with Gasteiger partial charge in [0.1, 0.15) is 5.82 Å². The van der Waals surface area contributed by atoms with Crippen LogP contribution in [0.15, 0.2) is 12.3 Å². The summed E-state index contributed by atoms with van der Waals surface area (Å²) in [4.78, 5) is 28.9. The maximum absolute atomic E-state index is 11.9. The van der Waals surface area contributed by atoms with Crippen LogP contribution in [-0.4, -0.2) is 27.6 Å². The molecule has 0 saturated heterocycles. The van der Waals surface area contributed by atoms with Crippen LogP contribution in [-0.2, 0) is 6.54 Å². The van der Waals surface area contributed by atoms with Crippen molar-refractivity contribution in [3.05, 3.63) is 23.4 Å². The van der Waals surface area contributed by atoms with Crippen molar-refractivity contribution in [3.63, 3.8) is 0 Å². The van der Waals surface area contributed by atoms with Gasteiger partial charge in [0.2, 0.25) is 5.12 Å². The predicted molar refractivity (Wildman–Crippen MR) is 76.4 cm³/mol. The average Bonchev–Trinajstić information content (AvgIpc) is 2.35. The maximum atomic E-state index is 11.9. The van der Waals surface area contributed by atoms with E-state index in [1.54, 1.807) is 11.0 Å². The highest BCUT2D eigenvalue weighted by atomic mass is 32.1. The van der Waals surface area contributed by atoms with E-state index in [1.165, 1.54) is 6.20 Å². The fourth-order valence-electron chi connectivity index (χ4n) is 1.91. The molecule has 6 heteroatoms. The SMILES string of the molecule is CC(C)CCN1Cc2cc(C(=O)S)cnc2NC1=O. The van der Waals surface area contributed by atoms with Crippen molar-refractivity contribution < 1.29 is 9.59 Å². The van der Waals surface area contributed by atoms with Gasteiger partial charge in [0, 0.05) is 23.9 Å². The van der Waals surface area contributed by atoms with E-state index in [-0.39, 0.29) is 11.1 Å². The summed E-state index contributed by atoms with van der Waals surface area (Å²) in [5.74, 6) is 1.07. The van der Waals surface area contributed by atoms with Gasteiger partial charge in [-0.05, 0) is 18.4 Å². The van der Waals surface area contributed by atoms with Crippen LogP contribution in [0, 0.1) is 5.92 Å². The summed E-state index contributed by atoms with van der Waals surface area (Å²) >= 11 is 3.78. The van der Waals surface area contributed by atoms with Crippen LogP contribution in [0.25, 0.3) is 0 Å². The molecule has 1 aromatic heterocycles. The van der Waals surface area contributed by atoms with Crippen molar-refractivity contribution in [1.82, 2.24) is 9.88 Å². The second-order valence-corrected chi connectivity index (χ2v) is 5.48. The Morgan fingerprint density at radius 2 is 2.32 bits per heavy atom. The van der Waals surface area contributed by atoms with Crippen molar-refractivity contribution >= 4 is 29.6 Å². The minimum absolute atomic E-state index is 0.134. The number of rotatable bonds is 4. The van der Waals surface area contributed by atoms with Gasteiger partial charge >= 0.3 is 6.03 Å². The van der Waals surface area contributed by atoms with E-state index in [0.29, 0.717) is 30.4 Å². The Hall–Kier alpha value is -1.56. The first-order valence-corrected chi connectivity index (χ1v) is 6.70. The van der Waals surface area contributed by atoms with Crippen LogP contribution in [0.2, 0.25) is 0 Å². The summed E-state index contributed by atoms with van der Waals surface area (Å²) in [6.45, 7) is 5.42. The first kappa shape index (κ1) is 13.9. The van der Waals surface area contributed by atoms with Crippen LogP contribution >= 0.6 is 12.6 Å². The highest BCUT2D eigenvalue weighted by Gasteiger charge is 2.24. The molecule has 1 aliphatic heterocycles. The zero-order chi connectivity index (χ0) is 14.0. The lowest BCUT2D eigenvalue weighted by Gasteiger charge is -2.29. The molecule has 5 nitrogen and oxygen atoms in total. The number of anilines is 1. The zero-order valence-electron chi connectivity index (χ0n) is 11.0. The van der Waals surface area contributed by atoms with Crippen LogP contribution in [0.5, 0.6) is 0 Å². The van der Waals surface area contributed by atoms with Gasteiger partial charge < -0.3 is 4.90 Å². The average molecular weight is 279 g/mol. The number of carbonyl (C=O) groups is 2. The third-order valence-electron chi connectivity index (χ3n) is 3.06. The molecule has 2 heterocycles. The number of urea groups is 1. The maximum Gasteiger partial charge on any atom is 0.323 e. The smallest absolute Gasteiger partial charge is 0.320 e. The third kappa shape index (κ3) is 3.26. The second-order valence-electron chi connectivity index (χ2n) is 5.07. The lowest BCUT2D eigenvalue weighted by atomic mass is 10.1.